The average molecular weight is 382 g/mol. The fraction of sp³-hybridized carbons (Fsp3) is 0.381. The van der Waals surface area contributed by atoms with Gasteiger partial charge in [0.1, 0.15) is 17.9 Å². The molecule has 2 aromatic rings. The summed E-state index contributed by atoms with van der Waals surface area (Å²) in [5, 5.41) is 5.24. The third-order valence-corrected chi connectivity index (χ3v) is 5.17. The number of hydrogen-bond acceptors (Lipinski definition) is 6. The molecule has 0 aromatic heterocycles. The van der Waals surface area contributed by atoms with E-state index in [-0.39, 0.29) is 24.1 Å². The SMILES string of the molecule is COc1ccc(CN2CC(NC(=O)C3CC(c4ccccc4)ON3)CN2)cc1. The number of hydrogen-bond donors (Lipinski definition) is 3. The zero-order chi connectivity index (χ0) is 19.3. The van der Waals surface area contributed by atoms with Crippen LogP contribution in [-0.4, -0.2) is 43.2 Å². The van der Waals surface area contributed by atoms with Gasteiger partial charge < -0.3 is 10.1 Å². The summed E-state index contributed by atoms with van der Waals surface area (Å²) >= 11 is 0. The molecule has 4 rings (SSSR count). The van der Waals surface area contributed by atoms with Crippen molar-refractivity contribution < 1.29 is 14.4 Å². The van der Waals surface area contributed by atoms with Gasteiger partial charge in [0.05, 0.1) is 13.2 Å². The first-order valence-corrected chi connectivity index (χ1v) is 9.59. The van der Waals surface area contributed by atoms with Crippen LogP contribution in [0.15, 0.2) is 54.6 Å². The molecule has 2 heterocycles. The molecule has 0 radical (unpaired) electrons. The van der Waals surface area contributed by atoms with Gasteiger partial charge in [-0.25, -0.2) is 5.01 Å². The number of benzene rings is 2. The molecule has 2 aliphatic rings. The Morgan fingerprint density at radius 3 is 2.75 bits per heavy atom. The standard InChI is InChI=1S/C21H26N4O3/c1-27-18-9-7-15(8-10-18)13-25-14-17(12-22-25)23-21(26)19-11-20(28-24-19)16-5-3-2-4-6-16/h2-10,17,19-20,22,24H,11-14H2,1H3,(H,23,26). The summed E-state index contributed by atoms with van der Waals surface area (Å²) in [6.07, 6.45) is 0.538. The van der Waals surface area contributed by atoms with Gasteiger partial charge in [0.2, 0.25) is 5.91 Å². The van der Waals surface area contributed by atoms with E-state index in [4.69, 9.17) is 9.57 Å². The Bertz CT molecular complexity index is 784. The summed E-state index contributed by atoms with van der Waals surface area (Å²) in [7, 11) is 1.66. The van der Waals surface area contributed by atoms with Crippen molar-refractivity contribution in [3.05, 3.63) is 65.7 Å². The fourth-order valence-electron chi connectivity index (χ4n) is 3.61. The van der Waals surface area contributed by atoms with Crippen molar-refractivity contribution in [2.45, 2.75) is 31.2 Å². The molecule has 7 nitrogen and oxygen atoms in total. The Kier molecular flexibility index (Phi) is 5.87. The first kappa shape index (κ1) is 18.9. The smallest absolute Gasteiger partial charge is 0.239 e. The lowest BCUT2D eigenvalue weighted by Crippen LogP contribution is -2.46. The van der Waals surface area contributed by atoms with Gasteiger partial charge in [-0.15, -0.1) is 0 Å². The first-order valence-electron chi connectivity index (χ1n) is 9.59. The molecule has 2 aliphatic heterocycles. The topological polar surface area (TPSA) is 74.9 Å². The Balaban J connectivity index is 1.24. The van der Waals surface area contributed by atoms with Gasteiger partial charge in [-0.05, 0) is 23.3 Å². The fourth-order valence-corrected chi connectivity index (χ4v) is 3.61. The van der Waals surface area contributed by atoms with Gasteiger partial charge in [-0.3, -0.25) is 15.1 Å². The number of methoxy groups -OCH3 is 1. The molecule has 2 fully saturated rings. The molecular formula is C21H26N4O3. The van der Waals surface area contributed by atoms with Crippen LogP contribution in [0.4, 0.5) is 0 Å². The molecule has 0 bridgehead atoms. The molecule has 3 atom stereocenters. The lowest BCUT2D eigenvalue weighted by molar-refractivity contribution is -0.124. The highest BCUT2D eigenvalue weighted by Crippen LogP contribution is 2.26. The number of ether oxygens (including phenoxy) is 1. The quantitative estimate of drug-likeness (QED) is 0.704. The van der Waals surface area contributed by atoms with Crippen molar-refractivity contribution in [3.63, 3.8) is 0 Å². The number of carbonyl (C=O) groups excluding carboxylic acids is 1. The second-order valence-electron chi connectivity index (χ2n) is 7.22. The van der Waals surface area contributed by atoms with Crippen LogP contribution < -0.4 is 21.0 Å². The number of hydroxylamine groups is 1. The van der Waals surface area contributed by atoms with E-state index in [1.807, 2.05) is 42.5 Å². The van der Waals surface area contributed by atoms with Crippen LogP contribution in [0.25, 0.3) is 0 Å². The Labute approximate surface area is 164 Å². The largest absolute Gasteiger partial charge is 0.497 e. The van der Waals surface area contributed by atoms with Crippen LogP contribution in [0, 0.1) is 0 Å². The number of nitrogens with zero attached hydrogens (tertiary/aromatic N) is 1. The third-order valence-electron chi connectivity index (χ3n) is 5.17. The molecule has 0 spiro atoms. The van der Waals surface area contributed by atoms with Gasteiger partial charge in [0.25, 0.3) is 0 Å². The predicted molar refractivity (Wildman–Crippen MR) is 105 cm³/mol. The monoisotopic (exact) mass is 382 g/mol. The van der Waals surface area contributed by atoms with Crippen LogP contribution in [0.1, 0.15) is 23.7 Å². The maximum atomic E-state index is 12.6. The van der Waals surface area contributed by atoms with Gasteiger partial charge >= 0.3 is 0 Å². The molecule has 3 unspecified atom stereocenters. The number of nitrogens with one attached hydrogen (secondary N) is 3. The lowest BCUT2D eigenvalue weighted by atomic mass is 10.0. The second kappa shape index (κ2) is 8.70. The highest BCUT2D eigenvalue weighted by atomic mass is 16.7. The number of hydrazine groups is 1. The van der Waals surface area contributed by atoms with E-state index in [0.717, 1.165) is 30.9 Å². The van der Waals surface area contributed by atoms with Gasteiger partial charge in [0.15, 0.2) is 0 Å². The van der Waals surface area contributed by atoms with Crippen LogP contribution in [0.3, 0.4) is 0 Å². The summed E-state index contributed by atoms with van der Waals surface area (Å²) < 4.78 is 5.19. The molecule has 28 heavy (non-hydrogen) atoms. The minimum atomic E-state index is -0.333. The molecule has 3 N–H and O–H groups in total. The molecule has 0 saturated carbocycles. The van der Waals surface area contributed by atoms with E-state index in [9.17, 15) is 4.79 Å². The van der Waals surface area contributed by atoms with Gasteiger partial charge in [0, 0.05) is 26.1 Å². The van der Waals surface area contributed by atoms with Crippen molar-refractivity contribution in [2.75, 3.05) is 20.2 Å². The van der Waals surface area contributed by atoms with E-state index in [1.54, 1.807) is 7.11 Å². The van der Waals surface area contributed by atoms with Gasteiger partial charge in [-0.1, -0.05) is 42.5 Å². The first-order chi connectivity index (χ1) is 13.7. The van der Waals surface area contributed by atoms with Crippen molar-refractivity contribution in [3.8, 4) is 5.75 Å². The van der Waals surface area contributed by atoms with Crippen LogP contribution >= 0.6 is 0 Å². The number of rotatable bonds is 6. The molecule has 2 saturated heterocycles. The van der Waals surface area contributed by atoms with Crippen molar-refractivity contribution in [2.24, 2.45) is 0 Å². The maximum absolute atomic E-state index is 12.6. The van der Waals surface area contributed by atoms with E-state index in [0.29, 0.717) is 6.42 Å². The van der Waals surface area contributed by atoms with Gasteiger partial charge in [-0.2, -0.15) is 5.48 Å². The van der Waals surface area contributed by atoms with E-state index >= 15 is 0 Å². The second-order valence-corrected chi connectivity index (χ2v) is 7.22. The van der Waals surface area contributed by atoms with Crippen molar-refractivity contribution in [1.82, 2.24) is 21.2 Å². The van der Waals surface area contributed by atoms with E-state index < -0.39 is 0 Å². The van der Waals surface area contributed by atoms with Crippen LogP contribution in [0.5, 0.6) is 5.75 Å². The average Bonchev–Trinajstić information content (AvgIpc) is 3.39. The molecule has 1 amide bonds. The normalized spacial score (nSPS) is 25.0. The summed E-state index contributed by atoms with van der Waals surface area (Å²) in [6.45, 7) is 2.25. The summed E-state index contributed by atoms with van der Waals surface area (Å²) in [5.41, 5.74) is 8.51. The van der Waals surface area contributed by atoms with Crippen molar-refractivity contribution in [1.29, 1.82) is 0 Å². The lowest BCUT2D eigenvalue weighted by Gasteiger charge is -2.17. The zero-order valence-corrected chi connectivity index (χ0v) is 15.9. The van der Waals surface area contributed by atoms with Crippen molar-refractivity contribution >= 4 is 5.91 Å². The van der Waals surface area contributed by atoms with Crippen LogP contribution in [0.2, 0.25) is 0 Å². The molecule has 2 aromatic carbocycles. The minimum Gasteiger partial charge on any atom is -0.497 e. The Hall–Kier alpha value is -2.45. The van der Waals surface area contributed by atoms with E-state index in [1.165, 1.54) is 5.56 Å². The maximum Gasteiger partial charge on any atom is 0.239 e. The predicted octanol–water partition coefficient (Wildman–Crippen LogP) is 1.53. The Morgan fingerprint density at radius 2 is 2.00 bits per heavy atom. The number of amides is 1. The minimum absolute atomic E-state index is 0.0171. The highest BCUT2D eigenvalue weighted by Gasteiger charge is 2.33. The zero-order valence-electron chi connectivity index (χ0n) is 15.9. The summed E-state index contributed by atoms with van der Waals surface area (Å²) in [4.78, 5) is 18.2. The number of carbonyl (C=O) groups is 1. The summed E-state index contributed by atoms with van der Waals surface area (Å²) in [5.74, 6) is 0.833. The molecular weight excluding hydrogens is 356 g/mol. The molecule has 0 aliphatic carbocycles. The summed E-state index contributed by atoms with van der Waals surface area (Å²) in [6, 6.07) is 17.7. The Morgan fingerprint density at radius 1 is 1.21 bits per heavy atom. The molecule has 148 valence electrons. The third kappa shape index (κ3) is 4.51. The highest BCUT2D eigenvalue weighted by molar-refractivity contribution is 5.82. The molecule has 7 heteroatoms. The van der Waals surface area contributed by atoms with Crippen LogP contribution in [-0.2, 0) is 16.2 Å². The van der Waals surface area contributed by atoms with E-state index in [2.05, 4.69) is 33.4 Å².